The van der Waals surface area contributed by atoms with Gasteiger partial charge in [0.05, 0.1) is 5.69 Å². The van der Waals surface area contributed by atoms with Gasteiger partial charge in [0.2, 0.25) is 5.91 Å². The number of primary amides is 1. The van der Waals surface area contributed by atoms with Crippen LogP contribution in [0, 0.1) is 5.82 Å². The number of nitrogens with two attached hydrogens (primary N) is 1. The molecule has 0 saturated heterocycles. The summed E-state index contributed by atoms with van der Waals surface area (Å²) in [5.41, 5.74) is 6.53. The molecule has 3 rings (SSSR count). The second-order valence-electron chi connectivity index (χ2n) is 9.68. The number of carbonyl (C=O) groups excluding carboxylic acids is 2. The minimum absolute atomic E-state index is 0.221. The van der Waals surface area contributed by atoms with Crippen LogP contribution in [0.3, 0.4) is 0 Å². The van der Waals surface area contributed by atoms with Crippen LogP contribution in [-0.2, 0) is 10.2 Å². The first-order chi connectivity index (χ1) is 15.9. The van der Waals surface area contributed by atoms with E-state index in [9.17, 15) is 14.0 Å². The van der Waals surface area contributed by atoms with Crippen molar-refractivity contribution in [2.24, 2.45) is 5.73 Å². The maximum atomic E-state index is 13.4. The molecule has 0 fully saturated rings. The number of rotatable bonds is 6. The van der Waals surface area contributed by atoms with Crippen LogP contribution in [0.15, 0.2) is 60.7 Å². The number of halogens is 1. The van der Waals surface area contributed by atoms with E-state index in [-0.39, 0.29) is 12.4 Å². The number of aromatic nitrogens is 2. The Bertz CT molecular complexity index is 1170. The lowest BCUT2D eigenvalue weighted by molar-refractivity contribution is 0.0571. The fraction of sp³-hybridized carbons (Fsp3) is 0.308. The van der Waals surface area contributed by atoms with Crippen molar-refractivity contribution < 1.29 is 18.7 Å². The van der Waals surface area contributed by atoms with Gasteiger partial charge in [-0.3, -0.25) is 9.69 Å². The zero-order chi connectivity index (χ0) is 25.1. The number of nitrogens with zero attached hydrogens (tertiary/aromatic N) is 3. The first-order valence-corrected chi connectivity index (χ1v) is 10.9. The largest absolute Gasteiger partial charge is 0.443 e. The fourth-order valence-corrected chi connectivity index (χ4v) is 3.40. The number of benzene rings is 2. The lowest BCUT2D eigenvalue weighted by Crippen LogP contribution is -2.44. The van der Waals surface area contributed by atoms with E-state index in [1.54, 1.807) is 69.3 Å². The van der Waals surface area contributed by atoms with Crippen LogP contribution in [0.25, 0.3) is 11.3 Å². The molecule has 0 radical (unpaired) electrons. The molecule has 2 aromatic carbocycles. The van der Waals surface area contributed by atoms with Crippen molar-refractivity contribution in [2.45, 2.75) is 45.6 Å². The third kappa shape index (κ3) is 6.15. The van der Waals surface area contributed by atoms with E-state index in [1.807, 2.05) is 13.8 Å². The van der Waals surface area contributed by atoms with Crippen LogP contribution < -0.4 is 10.6 Å². The van der Waals surface area contributed by atoms with Gasteiger partial charge in [-0.05, 0) is 62.7 Å². The number of anilines is 1. The van der Waals surface area contributed by atoms with E-state index >= 15 is 0 Å². The van der Waals surface area contributed by atoms with Gasteiger partial charge in [0.15, 0.2) is 5.82 Å². The average Bonchev–Trinajstić information content (AvgIpc) is 2.77. The Morgan fingerprint density at radius 3 is 2.21 bits per heavy atom. The summed E-state index contributed by atoms with van der Waals surface area (Å²) in [6.45, 7) is 9.49. The number of carbonyl (C=O) groups is 2. The Kier molecular flexibility index (Phi) is 7.00. The molecule has 8 heteroatoms. The van der Waals surface area contributed by atoms with Crippen LogP contribution >= 0.6 is 0 Å². The normalized spacial score (nSPS) is 11.7. The van der Waals surface area contributed by atoms with Crippen molar-refractivity contribution in [2.75, 3.05) is 11.4 Å². The number of amides is 2. The van der Waals surface area contributed by atoms with Gasteiger partial charge in [0.1, 0.15) is 11.4 Å². The van der Waals surface area contributed by atoms with Gasteiger partial charge in [-0.2, -0.15) is 0 Å². The number of hydrogen-bond acceptors (Lipinski definition) is 5. The van der Waals surface area contributed by atoms with Gasteiger partial charge in [0.25, 0.3) is 0 Å². The predicted octanol–water partition coefficient (Wildman–Crippen LogP) is 5.10. The molecule has 2 N–H and O–H groups in total. The monoisotopic (exact) mass is 464 g/mol. The van der Waals surface area contributed by atoms with Crippen molar-refractivity contribution in [1.82, 2.24) is 10.2 Å². The van der Waals surface area contributed by atoms with Crippen LogP contribution in [0.4, 0.5) is 15.0 Å². The van der Waals surface area contributed by atoms with Crippen molar-refractivity contribution in [3.05, 3.63) is 77.6 Å². The summed E-state index contributed by atoms with van der Waals surface area (Å²) in [5.74, 6) is -0.560. The lowest BCUT2D eigenvalue weighted by Gasteiger charge is -2.33. The summed E-state index contributed by atoms with van der Waals surface area (Å²) < 4.78 is 19.1. The van der Waals surface area contributed by atoms with Gasteiger partial charge >= 0.3 is 6.09 Å². The average molecular weight is 465 g/mol. The Labute approximate surface area is 198 Å². The number of hydrogen-bond donors (Lipinski definition) is 1. The summed E-state index contributed by atoms with van der Waals surface area (Å²) in [7, 11) is 0. The van der Waals surface area contributed by atoms with Gasteiger partial charge in [-0.1, -0.05) is 38.1 Å². The molecule has 0 aliphatic carbocycles. The molecular weight excluding hydrogens is 435 g/mol. The standard InChI is InChI=1S/C26H29FN4O3/c1-25(2,3)34-24(33)31(16-26(4,5)19-9-11-20(27)12-10-19)22-14-13-21(29-30-22)17-7-6-8-18(15-17)23(28)32/h6-15H,16H2,1-5H3,(H2,28,32). The molecule has 0 aliphatic rings. The molecule has 0 bridgehead atoms. The molecule has 178 valence electrons. The van der Waals surface area contributed by atoms with E-state index in [4.69, 9.17) is 10.5 Å². The van der Waals surface area contributed by atoms with E-state index in [2.05, 4.69) is 10.2 Å². The van der Waals surface area contributed by atoms with E-state index < -0.39 is 23.0 Å². The zero-order valence-electron chi connectivity index (χ0n) is 20.0. The van der Waals surface area contributed by atoms with Crippen molar-refractivity contribution >= 4 is 17.8 Å². The Morgan fingerprint density at radius 1 is 0.971 bits per heavy atom. The van der Waals surface area contributed by atoms with Gasteiger partial charge in [-0.25, -0.2) is 9.18 Å². The first-order valence-electron chi connectivity index (χ1n) is 10.9. The Hall–Kier alpha value is -3.81. The zero-order valence-corrected chi connectivity index (χ0v) is 20.0. The van der Waals surface area contributed by atoms with E-state index in [0.29, 0.717) is 22.6 Å². The highest BCUT2D eigenvalue weighted by molar-refractivity contribution is 5.94. The second kappa shape index (κ2) is 9.59. The molecule has 1 aromatic heterocycles. The van der Waals surface area contributed by atoms with Crippen LogP contribution in [0.1, 0.15) is 50.5 Å². The summed E-state index contributed by atoms with van der Waals surface area (Å²) >= 11 is 0. The summed E-state index contributed by atoms with van der Waals surface area (Å²) in [4.78, 5) is 26.0. The van der Waals surface area contributed by atoms with Gasteiger partial charge in [-0.15, -0.1) is 10.2 Å². The van der Waals surface area contributed by atoms with Crippen LogP contribution in [0.2, 0.25) is 0 Å². The van der Waals surface area contributed by atoms with Crippen molar-refractivity contribution in [3.63, 3.8) is 0 Å². The molecule has 1 heterocycles. The van der Waals surface area contributed by atoms with Gasteiger partial charge < -0.3 is 10.5 Å². The van der Waals surface area contributed by atoms with E-state index in [0.717, 1.165) is 5.56 Å². The minimum atomic E-state index is -0.710. The quantitative estimate of drug-likeness (QED) is 0.547. The van der Waals surface area contributed by atoms with Crippen molar-refractivity contribution in [3.8, 4) is 11.3 Å². The lowest BCUT2D eigenvalue weighted by atomic mass is 9.84. The minimum Gasteiger partial charge on any atom is -0.443 e. The molecule has 0 atom stereocenters. The fourth-order valence-electron chi connectivity index (χ4n) is 3.40. The summed E-state index contributed by atoms with van der Waals surface area (Å²) in [6.07, 6.45) is -0.569. The molecule has 3 aromatic rings. The smallest absolute Gasteiger partial charge is 0.416 e. The second-order valence-corrected chi connectivity index (χ2v) is 9.68. The van der Waals surface area contributed by atoms with Gasteiger partial charge in [0, 0.05) is 23.1 Å². The predicted molar refractivity (Wildman–Crippen MR) is 129 cm³/mol. The molecule has 2 amide bonds. The third-order valence-electron chi connectivity index (χ3n) is 5.16. The molecular formula is C26H29FN4O3. The summed E-state index contributed by atoms with van der Waals surface area (Å²) in [6, 6.07) is 16.3. The molecule has 0 unspecified atom stereocenters. The maximum absolute atomic E-state index is 13.4. The SMILES string of the molecule is CC(C)(C)OC(=O)N(CC(C)(C)c1ccc(F)cc1)c1ccc(-c2cccc(C(N)=O)c2)nn1. The Morgan fingerprint density at radius 2 is 1.65 bits per heavy atom. The van der Waals surface area contributed by atoms with Crippen LogP contribution in [-0.4, -0.2) is 34.3 Å². The molecule has 0 spiro atoms. The molecule has 34 heavy (non-hydrogen) atoms. The highest BCUT2D eigenvalue weighted by Gasteiger charge is 2.31. The topological polar surface area (TPSA) is 98.4 Å². The third-order valence-corrected chi connectivity index (χ3v) is 5.16. The first kappa shape index (κ1) is 24.8. The highest BCUT2D eigenvalue weighted by atomic mass is 19.1. The van der Waals surface area contributed by atoms with Crippen LogP contribution in [0.5, 0.6) is 0 Å². The Balaban J connectivity index is 1.94. The van der Waals surface area contributed by atoms with Crippen molar-refractivity contribution in [1.29, 1.82) is 0 Å². The maximum Gasteiger partial charge on any atom is 0.416 e. The molecule has 0 saturated carbocycles. The molecule has 0 aliphatic heterocycles. The molecule has 7 nitrogen and oxygen atoms in total. The van der Waals surface area contributed by atoms with E-state index in [1.165, 1.54) is 17.0 Å². The highest BCUT2D eigenvalue weighted by Crippen LogP contribution is 2.28. The summed E-state index contributed by atoms with van der Waals surface area (Å²) in [5, 5.41) is 8.53. The number of ether oxygens (including phenoxy) is 1.